The summed E-state index contributed by atoms with van der Waals surface area (Å²) in [5, 5.41) is 0. The van der Waals surface area contributed by atoms with Crippen LogP contribution in [0.1, 0.15) is 12.0 Å². The van der Waals surface area contributed by atoms with Crippen molar-refractivity contribution >= 4 is 9.84 Å². The number of sulfone groups is 1. The lowest BCUT2D eigenvalue weighted by Crippen LogP contribution is -2.36. The van der Waals surface area contributed by atoms with E-state index < -0.39 is 9.84 Å². The zero-order valence-corrected chi connectivity index (χ0v) is 13.3. The lowest BCUT2D eigenvalue weighted by Gasteiger charge is -2.29. The van der Waals surface area contributed by atoms with Crippen molar-refractivity contribution in [3.05, 3.63) is 36.4 Å². The summed E-state index contributed by atoms with van der Waals surface area (Å²) in [6, 6.07) is 5.90. The minimum Gasteiger partial charge on any atom is -0.486 e. The van der Waals surface area contributed by atoms with Gasteiger partial charge in [0.15, 0.2) is 21.3 Å². The van der Waals surface area contributed by atoms with Gasteiger partial charge in [-0.25, -0.2) is 8.42 Å². The molecule has 0 spiro atoms. The Morgan fingerprint density at radius 3 is 2.86 bits per heavy atom. The molecular weight excluding hydrogens is 302 g/mol. The Morgan fingerprint density at radius 1 is 1.32 bits per heavy atom. The molecule has 1 saturated heterocycles. The Morgan fingerprint density at radius 2 is 2.14 bits per heavy atom. The summed E-state index contributed by atoms with van der Waals surface area (Å²) >= 11 is 0. The summed E-state index contributed by atoms with van der Waals surface area (Å²) in [6.07, 6.45) is 2.50. The van der Waals surface area contributed by atoms with Crippen LogP contribution >= 0.6 is 0 Å². The van der Waals surface area contributed by atoms with Crippen LogP contribution in [0.25, 0.3) is 0 Å². The van der Waals surface area contributed by atoms with Gasteiger partial charge in [-0.15, -0.1) is 6.58 Å². The van der Waals surface area contributed by atoms with Crippen LogP contribution in [0.5, 0.6) is 11.5 Å². The van der Waals surface area contributed by atoms with Crippen molar-refractivity contribution in [3.63, 3.8) is 0 Å². The van der Waals surface area contributed by atoms with Crippen LogP contribution in [0.15, 0.2) is 30.9 Å². The number of ether oxygens (including phenoxy) is 2. The lowest BCUT2D eigenvalue weighted by molar-refractivity contribution is 0.164. The second-order valence-corrected chi connectivity index (χ2v) is 7.95. The predicted octanol–water partition coefficient (Wildman–Crippen LogP) is 1.63. The van der Waals surface area contributed by atoms with E-state index in [1.54, 1.807) is 0 Å². The molecule has 1 aromatic carbocycles. The summed E-state index contributed by atoms with van der Waals surface area (Å²) in [5.74, 6) is 2.05. The maximum absolute atomic E-state index is 11.7. The van der Waals surface area contributed by atoms with E-state index >= 15 is 0 Å². The van der Waals surface area contributed by atoms with E-state index in [1.165, 1.54) is 0 Å². The van der Waals surface area contributed by atoms with Crippen molar-refractivity contribution in [3.8, 4) is 11.5 Å². The van der Waals surface area contributed by atoms with Crippen LogP contribution in [-0.4, -0.2) is 50.6 Å². The second kappa shape index (κ2) is 6.30. The molecule has 5 nitrogen and oxygen atoms in total. The molecule has 0 aromatic heterocycles. The van der Waals surface area contributed by atoms with E-state index in [-0.39, 0.29) is 17.5 Å². The number of para-hydroxylation sites is 1. The van der Waals surface area contributed by atoms with Crippen LogP contribution in [0, 0.1) is 0 Å². The fourth-order valence-corrected chi connectivity index (χ4v) is 4.81. The quantitative estimate of drug-likeness (QED) is 0.771. The van der Waals surface area contributed by atoms with E-state index in [2.05, 4.69) is 11.5 Å². The highest BCUT2D eigenvalue weighted by Crippen LogP contribution is 2.35. The fraction of sp³-hybridized carbons (Fsp3) is 0.500. The molecule has 0 saturated carbocycles. The van der Waals surface area contributed by atoms with Crippen molar-refractivity contribution in [2.75, 3.05) is 31.3 Å². The van der Waals surface area contributed by atoms with Gasteiger partial charge in [-0.1, -0.05) is 18.2 Å². The first-order valence-corrected chi connectivity index (χ1v) is 9.34. The molecule has 0 radical (unpaired) electrons. The molecule has 0 bridgehead atoms. The zero-order chi connectivity index (χ0) is 15.6. The Kier molecular flexibility index (Phi) is 4.40. The molecule has 2 aliphatic rings. The number of nitrogens with zero attached hydrogens (tertiary/aromatic N) is 1. The minimum absolute atomic E-state index is 0.0448. The fourth-order valence-electron chi connectivity index (χ4n) is 3.05. The summed E-state index contributed by atoms with van der Waals surface area (Å²) in [6.45, 7) is 6.19. The Hall–Kier alpha value is -1.53. The minimum atomic E-state index is -2.90. The van der Waals surface area contributed by atoms with Crippen molar-refractivity contribution in [1.82, 2.24) is 4.90 Å². The monoisotopic (exact) mass is 323 g/mol. The van der Waals surface area contributed by atoms with Gasteiger partial charge in [0.05, 0.1) is 11.5 Å². The van der Waals surface area contributed by atoms with Crippen LogP contribution in [0.3, 0.4) is 0 Å². The van der Waals surface area contributed by atoms with Crippen molar-refractivity contribution in [2.45, 2.75) is 19.0 Å². The Bertz CT molecular complexity index is 656. The lowest BCUT2D eigenvalue weighted by atomic mass is 10.1. The average molecular weight is 323 g/mol. The maximum Gasteiger partial charge on any atom is 0.165 e. The first kappa shape index (κ1) is 15.4. The van der Waals surface area contributed by atoms with Gasteiger partial charge < -0.3 is 9.47 Å². The topological polar surface area (TPSA) is 55.8 Å². The van der Waals surface area contributed by atoms with Crippen LogP contribution in [-0.2, 0) is 16.4 Å². The summed E-state index contributed by atoms with van der Waals surface area (Å²) in [5.41, 5.74) is 1.03. The van der Waals surface area contributed by atoms with Gasteiger partial charge in [0.1, 0.15) is 13.2 Å². The third-order valence-electron chi connectivity index (χ3n) is 4.11. The molecule has 22 heavy (non-hydrogen) atoms. The van der Waals surface area contributed by atoms with E-state index in [9.17, 15) is 8.42 Å². The summed E-state index contributed by atoms with van der Waals surface area (Å²) in [7, 11) is -2.90. The third kappa shape index (κ3) is 3.28. The van der Waals surface area contributed by atoms with Gasteiger partial charge in [0.2, 0.25) is 0 Å². The van der Waals surface area contributed by atoms with Gasteiger partial charge in [-0.2, -0.15) is 0 Å². The molecule has 1 aromatic rings. The first-order chi connectivity index (χ1) is 10.6. The number of hydrogen-bond acceptors (Lipinski definition) is 5. The van der Waals surface area contributed by atoms with Crippen molar-refractivity contribution in [2.24, 2.45) is 0 Å². The number of fused-ring (bicyclic) bond motifs is 1. The Balaban J connectivity index is 1.81. The van der Waals surface area contributed by atoms with E-state index in [4.69, 9.17) is 9.47 Å². The average Bonchev–Trinajstić information content (AvgIpc) is 2.87. The number of rotatable bonds is 5. The molecule has 0 N–H and O–H groups in total. The predicted molar refractivity (Wildman–Crippen MR) is 85.1 cm³/mol. The smallest absolute Gasteiger partial charge is 0.165 e. The van der Waals surface area contributed by atoms with E-state index in [1.807, 2.05) is 24.3 Å². The number of hydrogen-bond donors (Lipinski definition) is 0. The highest BCUT2D eigenvalue weighted by molar-refractivity contribution is 7.91. The highest BCUT2D eigenvalue weighted by atomic mass is 32.2. The van der Waals surface area contributed by atoms with E-state index in [0.29, 0.717) is 32.7 Å². The second-order valence-electron chi connectivity index (χ2n) is 5.72. The van der Waals surface area contributed by atoms with Gasteiger partial charge in [0.25, 0.3) is 0 Å². The number of benzene rings is 1. The summed E-state index contributed by atoms with van der Waals surface area (Å²) < 4.78 is 34.8. The Labute approximate surface area is 131 Å². The SMILES string of the molecule is C=CCN(Cc1cccc2c1OCCO2)[C@@H]1CCS(=O)(=O)C1. The van der Waals surface area contributed by atoms with E-state index in [0.717, 1.165) is 17.1 Å². The van der Waals surface area contributed by atoms with Crippen LogP contribution in [0.4, 0.5) is 0 Å². The molecular formula is C16H21NO4S. The highest BCUT2D eigenvalue weighted by Gasteiger charge is 2.32. The molecule has 2 aliphatic heterocycles. The largest absolute Gasteiger partial charge is 0.486 e. The first-order valence-electron chi connectivity index (χ1n) is 7.52. The molecule has 120 valence electrons. The maximum atomic E-state index is 11.7. The van der Waals surface area contributed by atoms with Crippen LogP contribution in [0.2, 0.25) is 0 Å². The molecule has 1 atom stereocenters. The van der Waals surface area contributed by atoms with Gasteiger partial charge >= 0.3 is 0 Å². The van der Waals surface area contributed by atoms with Gasteiger partial charge in [-0.3, -0.25) is 4.90 Å². The van der Waals surface area contributed by atoms with Crippen LogP contribution < -0.4 is 9.47 Å². The van der Waals surface area contributed by atoms with Crippen molar-refractivity contribution in [1.29, 1.82) is 0 Å². The molecule has 2 heterocycles. The zero-order valence-electron chi connectivity index (χ0n) is 12.5. The van der Waals surface area contributed by atoms with Gasteiger partial charge in [-0.05, 0) is 12.5 Å². The molecule has 0 aliphatic carbocycles. The molecule has 0 unspecified atom stereocenters. The van der Waals surface area contributed by atoms with Gasteiger partial charge in [0, 0.05) is 24.7 Å². The molecule has 1 fully saturated rings. The third-order valence-corrected chi connectivity index (χ3v) is 5.86. The molecule has 0 amide bonds. The summed E-state index contributed by atoms with van der Waals surface area (Å²) in [4.78, 5) is 2.16. The standard InChI is InChI=1S/C16H21NO4S/c1-2-7-17(14-6-10-22(18,19)12-14)11-13-4-3-5-15-16(13)21-9-8-20-15/h2-5,14H,1,6-12H2/t14-/m1/s1. The van der Waals surface area contributed by atoms with Crippen molar-refractivity contribution < 1.29 is 17.9 Å². The molecule has 6 heteroatoms. The molecule has 3 rings (SSSR count). The normalized spacial score (nSPS) is 22.7.